The van der Waals surface area contributed by atoms with E-state index < -0.39 is 11.9 Å². The number of amides is 1. The third-order valence-corrected chi connectivity index (χ3v) is 14.7. The van der Waals surface area contributed by atoms with Crippen molar-refractivity contribution in [3.63, 3.8) is 0 Å². The number of anilines is 2. The standard InChI is InChI=1S/C48H48FN11O4S/c1-28-29(2)65-47-43(28)44(53-38(25-42-51-18-22-63-42)45-57-54-30(3)60(45)47)31-6-13-39(36(49)23-31)58-19-15-48(16-20-58)17-21-59(27-48)41-14-12-37(55-56-41)46(61)52-33-7-10-34(11-8-33)64-35-9-5-32(26-50)40(24-35)62-4/h5-6,9,12-14,18,22-24,34,38H,7-8,10-11,15-17,19-21,25,27H2,1-4H3. The largest absolute Gasteiger partial charge is 0.495 e. The summed E-state index contributed by atoms with van der Waals surface area (Å²) in [5.74, 6) is 3.21. The van der Waals surface area contributed by atoms with Crippen LogP contribution in [0, 0.1) is 43.3 Å². The SMILES string of the molecule is COc1cc(OC2CCC(=NC(=O)c3ccc(N4CCC5(CCN(c6ccc(C7=NC(Cc8ncco8)c8nnc(C)n8-c8sc(C)c(C)c87)cc6F)CC5)C4)nn3)CC2)ccc1C#N. The molecule has 15 nitrogen and oxygen atoms in total. The van der Waals surface area contributed by atoms with Crippen LogP contribution in [0.1, 0.15) is 106 Å². The summed E-state index contributed by atoms with van der Waals surface area (Å²) in [6, 6.07) is 16.0. The first-order valence-electron chi connectivity index (χ1n) is 22.1. The molecule has 0 bridgehead atoms. The van der Waals surface area contributed by atoms with Crippen LogP contribution in [0.3, 0.4) is 0 Å². The maximum Gasteiger partial charge on any atom is 0.297 e. The fraction of sp³-hybridized carbons (Fsp3) is 0.396. The third kappa shape index (κ3) is 8.15. The molecule has 0 radical (unpaired) electrons. The molecule has 1 unspecified atom stereocenters. The molecule has 1 spiro atoms. The molecule has 17 heteroatoms. The van der Waals surface area contributed by atoms with Gasteiger partial charge in [-0.15, -0.1) is 31.7 Å². The zero-order chi connectivity index (χ0) is 44.8. The molecule has 1 aliphatic carbocycles. The fourth-order valence-corrected chi connectivity index (χ4v) is 10.9. The van der Waals surface area contributed by atoms with Gasteiger partial charge in [-0.25, -0.2) is 14.4 Å². The Morgan fingerprint density at radius 1 is 1.00 bits per heavy atom. The fourth-order valence-electron chi connectivity index (χ4n) is 9.71. The smallest absolute Gasteiger partial charge is 0.297 e. The number of rotatable bonds is 9. The predicted molar refractivity (Wildman–Crippen MR) is 244 cm³/mol. The number of fused-ring (bicyclic) bond motifs is 3. The normalized spacial score (nSPS) is 19.0. The number of hydrogen-bond donors (Lipinski definition) is 0. The second-order valence-electron chi connectivity index (χ2n) is 17.4. The van der Waals surface area contributed by atoms with Gasteiger partial charge in [-0.2, -0.15) is 5.26 Å². The molecule has 10 rings (SSSR count). The minimum Gasteiger partial charge on any atom is -0.495 e. The van der Waals surface area contributed by atoms with E-state index in [1.54, 1.807) is 54.1 Å². The number of thiophene rings is 1. The summed E-state index contributed by atoms with van der Waals surface area (Å²) in [7, 11) is 1.53. The number of oxazole rings is 1. The van der Waals surface area contributed by atoms with Crippen molar-refractivity contribution in [3.8, 4) is 22.6 Å². The molecule has 3 fully saturated rings. The van der Waals surface area contributed by atoms with Crippen molar-refractivity contribution in [1.29, 1.82) is 5.26 Å². The molecule has 332 valence electrons. The molecule has 6 aromatic rings. The maximum absolute atomic E-state index is 16.4. The molecule has 3 aliphatic heterocycles. The summed E-state index contributed by atoms with van der Waals surface area (Å²) >= 11 is 1.67. The maximum atomic E-state index is 16.4. The van der Waals surface area contributed by atoms with E-state index in [1.165, 1.54) is 7.11 Å². The number of nitrogens with zero attached hydrogens (tertiary/aromatic N) is 11. The molecule has 65 heavy (non-hydrogen) atoms. The van der Waals surface area contributed by atoms with Gasteiger partial charge < -0.3 is 23.7 Å². The zero-order valence-corrected chi connectivity index (χ0v) is 37.6. The first-order valence-corrected chi connectivity index (χ1v) is 22.9. The van der Waals surface area contributed by atoms with Crippen LogP contribution < -0.4 is 19.3 Å². The number of methoxy groups -OCH3 is 1. The van der Waals surface area contributed by atoms with Crippen molar-refractivity contribution >= 4 is 40.2 Å². The number of benzene rings is 2. The van der Waals surface area contributed by atoms with E-state index in [-0.39, 0.29) is 23.0 Å². The third-order valence-electron chi connectivity index (χ3n) is 13.5. The lowest BCUT2D eigenvalue weighted by molar-refractivity contribution is 0.0995. The average Bonchev–Trinajstić information content (AvgIpc) is 4.12. The van der Waals surface area contributed by atoms with E-state index in [4.69, 9.17) is 18.9 Å². The summed E-state index contributed by atoms with van der Waals surface area (Å²) < 4.78 is 35.6. The van der Waals surface area contributed by atoms with Crippen LogP contribution in [0.25, 0.3) is 5.00 Å². The lowest BCUT2D eigenvalue weighted by Crippen LogP contribution is -2.42. The molecular weight excluding hydrogens is 846 g/mol. The average molecular weight is 894 g/mol. The second kappa shape index (κ2) is 17.3. The Morgan fingerprint density at radius 2 is 1.80 bits per heavy atom. The Morgan fingerprint density at radius 3 is 2.51 bits per heavy atom. The quantitative estimate of drug-likeness (QED) is 0.136. The lowest BCUT2D eigenvalue weighted by atomic mass is 9.77. The monoisotopic (exact) mass is 893 g/mol. The zero-order valence-electron chi connectivity index (χ0n) is 36.8. The van der Waals surface area contributed by atoms with Crippen LogP contribution in [-0.2, 0) is 6.42 Å². The van der Waals surface area contributed by atoms with Gasteiger partial charge in [-0.05, 0) is 113 Å². The van der Waals surface area contributed by atoms with E-state index in [0.717, 1.165) is 102 Å². The van der Waals surface area contributed by atoms with Gasteiger partial charge in [0.2, 0.25) is 0 Å². The molecule has 2 aromatic carbocycles. The molecule has 1 atom stereocenters. The van der Waals surface area contributed by atoms with Gasteiger partial charge in [0.25, 0.3) is 5.91 Å². The minimum atomic E-state index is -0.436. The topological polar surface area (TPSA) is 173 Å². The second-order valence-corrected chi connectivity index (χ2v) is 18.6. The van der Waals surface area contributed by atoms with Gasteiger partial charge in [-0.3, -0.25) is 14.4 Å². The van der Waals surface area contributed by atoms with Crippen molar-refractivity contribution in [1.82, 2.24) is 29.9 Å². The van der Waals surface area contributed by atoms with Gasteiger partial charge in [0, 0.05) is 54.0 Å². The molecule has 2 saturated heterocycles. The van der Waals surface area contributed by atoms with Gasteiger partial charge in [0.1, 0.15) is 46.5 Å². The molecular formula is C48H48FN11O4S. The summed E-state index contributed by atoms with van der Waals surface area (Å²) in [5, 5.41) is 28.0. The van der Waals surface area contributed by atoms with Crippen LogP contribution in [0.5, 0.6) is 11.5 Å². The van der Waals surface area contributed by atoms with E-state index in [9.17, 15) is 10.1 Å². The number of carbonyl (C=O) groups excluding carboxylic acids is 1. The molecule has 4 aliphatic rings. The van der Waals surface area contributed by atoms with E-state index in [1.807, 2.05) is 25.1 Å². The highest BCUT2D eigenvalue weighted by Gasteiger charge is 2.42. The summed E-state index contributed by atoms with van der Waals surface area (Å²) in [5.41, 5.74) is 5.67. The Kier molecular flexibility index (Phi) is 11.2. The Bertz CT molecular complexity index is 2860. The van der Waals surface area contributed by atoms with Crippen LogP contribution in [0.4, 0.5) is 15.9 Å². The van der Waals surface area contributed by atoms with Gasteiger partial charge in [0.15, 0.2) is 23.2 Å². The highest BCUT2D eigenvalue weighted by molar-refractivity contribution is 7.15. The van der Waals surface area contributed by atoms with E-state index in [2.05, 4.69) is 64.7 Å². The number of aromatic nitrogens is 6. The number of nitriles is 1. The summed E-state index contributed by atoms with van der Waals surface area (Å²) in [4.78, 5) is 32.7. The molecule has 7 heterocycles. The predicted octanol–water partition coefficient (Wildman–Crippen LogP) is 8.29. The first-order chi connectivity index (χ1) is 31.6. The van der Waals surface area contributed by atoms with Crippen molar-refractivity contribution in [2.75, 3.05) is 43.1 Å². The van der Waals surface area contributed by atoms with Crippen LogP contribution >= 0.6 is 11.3 Å². The van der Waals surface area contributed by atoms with Gasteiger partial charge >= 0.3 is 0 Å². The van der Waals surface area contributed by atoms with Crippen LogP contribution in [0.15, 0.2) is 75.4 Å². The van der Waals surface area contributed by atoms with Crippen molar-refractivity contribution in [2.24, 2.45) is 15.4 Å². The Balaban J connectivity index is 0.767. The van der Waals surface area contributed by atoms with E-state index in [0.29, 0.717) is 59.3 Å². The first kappa shape index (κ1) is 42.2. The number of ether oxygens (including phenoxy) is 2. The van der Waals surface area contributed by atoms with Gasteiger partial charge in [-0.1, -0.05) is 6.07 Å². The van der Waals surface area contributed by atoms with Crippen molar-refractivity contribution < 1.29 is 23.1 Å². The van der Waals surface area contributed by atoms with Crippen LogP contribution in [-0.4, -0.2) is 86.7 Å². The number of piperidine rings is 1. The number of halogens is 1. The number of carbonyl (C=O) groups is 1. The van der Waals surface area contributed by atoms with E-state index >= 15 is 4.39 Å². The molecule has 0 N–H and O–H groups in total. The Hall–Kier alpha value is -6.80. The minimum absolute atomic E-state index is 0.0245. The lowest BCUT2D eigenvalue weighted by Gasteiger charge is -2.40. The number of hydrogen-bond acceptors (Lipinski definition) is 14. The highest BCUT2D eigenvalue weighted by Crippen LogP contribution is 2.44. The number of aryl methyl sites for hydroxylation is 2. The highest BCUT2D eigenvalue weighted by atomic mass is 32.1. The molecule has 1 saturated carbocycles. The number of aliphatic imine (C=N–C) groups is 2. The van der Waals surface area contributed by atoms with Crippen LogP contribution in [0.2, 0.25) is 0 Å². The molecule has 1 amide bonds. The summed E-state index contributed by atoms with van der Waals surface area (Å²) in [6.07, 6.45) is 9.12. The molecule has 4 aromatic heterocycles. The van der Waals surface area contributed by atoms with Gasteiger partial charge in [0.05, 0.1) is 42.8 Å². The Labute approximate surface area is 379 Å². The van der Waals surface area contributed by atoms with Crippen molar-refractivity contribution in [3.05, 3.63) is 117 Å². The summed E-state index contributed by atoms with van der Waals surface area (Å²) in [6.45, 7) is 9.27. The van der Waals surface area contributed by atoms with Crippen molar-refractivity contribution in [2.45, 2.75) is 84.3 Å².